The molecule has 174 valence electrons. The summed E-state index contributed by atoms with van der Waals surface area (Å²) in [5, 5.41) is 3.53. The van der Waals surface area contributed by atoms with Gasteiger partial charge in [-0.1, -0.05) is 0 Å². The van der Waals surface area contributed by atoms with Crippen LogP contribution in [0.5, 0.6) is 5.88 Å². The van der Waals surface area contributed by atoms with Crippen LogP contribution in [0.1, 0.15) is 47.5 Å². The monoisotopic (exact) mass is 547 g/mol. The molecule has 0 unspecified atom stereocenters. The first kappa shape index (κ1) is 24.1. The number of halogens is 1. The zero-order valence-corrected chi connectivity index (χ0v) is 21.5. The van der Waals surface area contributed by atoms with Crippen LogP contribution in [-0.4, -0.2) is 78.1 Å². The number of nitrogens with one attached hydrogen (secondary N) is 1. The number of piperidine rings is 1. The molecule has 10 heteroatoms. The average Bonchev–Trinajstić information content (AvgIpc) is 2.67. The minimum Gasteiger partial charge on any atom is -0.480 e. The van der Waals surface area contributed by atoms with E-state index in [0.717, 1.165) is 28.8 Å². The Hall–Kier alpha value is -1.56. The Labute approximate surface area is 198 Å². The second-order valence-corrected chi connectivity index (χ2v) is 10.7. The highest BCUT2D eigenvalue weighted by molar-refractivity contribution is 14.1. The number of aromatic nitrogens is 2. The molecule has 3 rings (SSSR count). The standard InChI is InChI=1S/C21H34IN5O4/c1-20(2,3)31-19(28)26-9-7-8-14(12-26)23-16-15(22)17(29-6)25-18(24-16)27-10-11-30-21(4,5)13-27/h14H,7-13H2,1-6H3,(H,23,24,25)/t14-/m1/s1. The molecule has 9 nitrogen and oxygen atoms in total. The molecule has 0 bridgehead atoms. The van der Waals surface area contributed by atoms with Crippen molar-refractivity contribution in [1.29, 1.82) is 0 Å². The molecule has 2 saturated heterocycles. The highest BCUT2D eigenvalue weighted by atomic mass is 127. The van der Waals surface area contributed by atoms with Gasteiger partial charge in [-0.3, -0.25) is 0 Å². The molecule has 1 aromatic heterocycles. The third kappa shape index (κ3) is 6.47. The summed E-state index contributed by atoms with van der Waals surface area (Å²) in [6.45, 7) is 13.1. The summed E-state index contributed by atoms with van der Waals surface area (Å²) in [7, 11) is 1.62. The van der Waals surface area contributed by atoms with Crippen molar-refractivity contribution in [3.8, 4) is 5.88 Å². The number of rotatable bonds is 4. The van der Waals surface area contributed by atoms with Gasteiger partial charge in [0.2, 0.25) is 11.8 Å². The number of hydrogen-bond donors (Lipinski definition) is 1. The predicted molar refractivity (Wildman–Crippen MR) is 128 cm³/mol. The third-order valence-corrected chi connectivity index (χ3v) is 6.10. The number of carbonyl (C=O) groups excluding carboxylic acids is 1. The van der Waals surface area contributed by atoms with Gasteiger partial charge in [0.15, 0.2) is 0 Å². The molecular formula is C21H34IN5O4. The first-order chi connectivity index (χ1) is 14.5. The van der Waals surface area contributed by atoms with Crippen LogP contribution in [0.15, 0.2) is 0 Å². The molecule has 2 aliphatic heterocycles. The van der Waals surface area contributed by atoms with Gasteiger partial charge in [0.05, 0.1) is 19.3 Å². The molecule has 0 radical (unpaired) electrons. The van der Waals surface area contributed by atoms with Gasteiger partial charge in [-0.15, -0.1) is 0 Å². The van der Waals surface area contributed by atoms with Crippen molar-refractivity contribution >= 4 is 40.5 Å². The molecule has 0 aliphatic carbocycles. The number of carbonyl (C=O) groups is 1. The Bertz CT molecular complexity index is 799. The molecule has 0 saturated carbocycles. The summed E-state index contributed by atoms with van der Waals surface area (Å²) in [4.78, 5) is 25.8. The average molecular weight is 547 g/mol. The molecule has 1 amide bonds. The van der Waals surface area contributed by atoms with Crippen LogP contribution in [0.2, 0.25) is 0 Å². The van der Waals surface area contributed by atoms with Crippen LogP contribution in [0.3, 0.4) is 0 Å². The number of likely N-dealkylation sites (tertiary alicyclic amines) is 1. The van der Waals surface area contributed by atoms with Gasteiger partial charge in [-0.25, -0.2) is 4.79 Å². The molecule has 2 aliphatic rings. The molecular weight excluding hydrogens is 513 g/mol. The normalized spacial score (nSPS) is 21.6. The smallest absolute Gasteiger partial charge is 0.410 e. The van der Waals surface area contributed by atoms with E-state index in [0.29, 0.717) is 38.1 Å². The molecule has 1 aromatic rings. The molecule has 0 spiro atoms. The van der Waals surface area contributed by atoms with Crippen molar-refractivity contribution in [1.82, 2.24) is 14.9 Å². The maximum atomic E-state index is 12.5. The third-order valence-electron chi connectivity index (χ3n) is 5.12. The highest BCUT2D eigenvalue weighted by Crippen LogP contribution is 2.31. The van der Waals surface area contributed by atoms with Crippen molar-refractivity contribution in [3.63, 3.8) is 0 Å². The van der Waals surface area contributed by atoms with Crippen LogP contribution < -0.4 is 15.0 Å². The van der Waals surface area contributed by atoms with E-state index in [9.17, 15) is 4.79 Å². The van der Waals surface area contributed by atoms with Crippen LogP contribution >= 0.6 is 22.6 Å². The van der Waals surface area contributed by atoms with Crippen LogP contribution in [0.25, 0.3) is 0 Å². The first-order valence-electron chi connectivity index (χ1n) is 10.7. The highest BCUT2D eigenvalue weighted by Gasteiger charge is 2.31. The van der Waals surface area contributed by atoms with Gasteiger partial charge in [0.1, 0.15) is 15.0 Å². The number of anilines is 2. The van der Waals surface area contributed by atoms with Gasteiger partial charge < -0.3 is 29.3 Å². The van der Waals surface area contributed by atoms with E-state index in [4.69, 9.17) is 19.2 Å². The van der Waals surface area contributed by atoms with Crippen molar-refractivity contribution in [2.45, 2.75) is 64.7 Å². The van der Waals surface area contributed by atoms with E-state index < -0.39 is 5.60 Å². The predicted octanol–water partition coefficient (Wildman–Crippen LogP) is 3.52. The number of nitrogens with zero attached hydrogens (tertiary/aromatic N) is 4. The minimum absolute atomic E-state index is 0.0726. The molecule has 2 fully saturated rings. The van der Waals surface area contributed by atoms with E-state index in [-0.39, 0.29) is 17.7 Å². The number of ether oxygens (including phenoxy) is 3. The maximum Gasteiger partial charge on any atom is 0.410 e. The summed E-state index contributed by atoms with van der Waals surface area (Å²) in [5.74, 6) is 1.89. The molecule has 3 heterocycles. The van der Waals surface area contributed by atoms with Crippen LogP contribution in [-0.2, 0) is 9.47 Å². The van der Waals surface area contributed by atoms with Gasteiger partial charge in [-0.05, 0) is 70.1 Å². The van der Waals surface area contributed by atoms with Crippen molar-refractivity contribution in [2.24, 2.45) is 0 Å². The van der Waals surface area contributed by atoms with Crippen molar-refractivity contribution in [3.05, 3.63) is 3.57 Å². The summed E-state index contributed by atoms with van der Waals surface area (Å²) in [5.41, 5.74) is -0.767. The Kier molecular flexibility index (Phi) is 7.39. The lowest BCUT2D eigenvalue weighted by molar-refractivity contribution is -0.0281. The Morgan fingerprint density at radius 2 is 2.03 bits per heavy atom. The number of hydrogen-bond acceptors (Lipinski definition) is 8. The summed E-state index contributed by atoms with van der Waals surface area (Å²) in [6, 6.07) is 0.0726. The van der Waals surface area contributed by atoms with Crippen molar-refractivity contribution < 1.29 is 19.0 Å². The number of morpholine rings is 1. The zero-order chi connectivity index (χ0) is 22.8. The molecule has 1 atom stereocenters. The number of amides is 1. The van der Waals surface area contributed by atoms with Gasteiger partial charge in [0.25, 0.3) is 0 Å². The summed E-state index contributed by atoms with van der Waals surface area (Å²) >= 11 is 2.21. The fraction of sp³-hybridized carbons (Fsp3) is 0.762. The number of methoxy groups -OCH3 is 1. The largest absolute Gasteiger partial charge is 0.480 e. The maximum absolute atomic E-state index is 12.5. The fourth-order valence-corrected chi connectivity index (χ4v) is 4.37. The first-order valence-corrected chi connectivity index (χ1v) is 11.8. The topological polar surface area (TPSA) is 89.1 Å². The van der Waals surface area contributed by atoms with E-state index in [1.165, 1.54) is 0 Å². The van der Waals surface area contributed by atoms with E-state index in [1.807, 2.05) is 20.8 Å². The van der Waals surface area contributed by atoms with E-state index in [1.54, 1.807) is 12.0 Å². The van der Waals surface area contributed by atoms with Gasteiger partial charge in [-0.2, -0.15) is 9.97 Å². The molecule has 31 heavy (non-hydrogen) atoms. The van der Waals surface area contributed by atoms with Gasteiger partial charge >= 0.3 is 6.09 Å². The molecule has 0 aromatic carbocycles. The lowest BCUT2D eigenvalue weighted by Crippen LogP contribution is -2.49. The van der Waals surface area contributed by atoms with E-state index in [2.05, 4.69) is 51.6 Å². The SMILES string of the molecule is COc1nc(N2CCOC(C)(C)C2)nc(N[C@@H]2CCCN(C(=O)OC(C)(C)C)C2)c1I. The Balaban J connectivity index is 1.76. The quantitative estimate of drug-likeness (QED) is 0.574. The van der Waals surface area contributed by atoms with Gasteiger partial charge in [0, 0.05) is 32.2 Å². The zero-order valence-electron chi connectivity index (χ0n) is 19.3. The lowest BCUT2D eigenvalue weighted by atomic mass is 10.1. The summed E-state index contributed by atoms with van der Waals surface area (Å²) < 4.78 is 17.7. The van der Waals surface area contributed by atoms with Crippen LogP contribution in [0.4, 0.5) is 16.6 Å². The lowest BCUT2D eigenvalue weighted by Gasteiger charge is -2.38. The summed E-state index contributed by atoms with van der Waals surface area (Å²) in [6.07, 6.45) is 1.58. The Morgan fingerprint density at radius 3 is 2.68 bits per heavy atom. The van der Waals surface area contributed by atoms with E-state index >= 15 is 0 Å². The second-order valence-electron chi connectivity index (χ2n) is 9.64. The minimum atomic E-state index is -0.506. The van der Waals surface area contributed by atoms with Crippen molar-refractivity contribution in [2.75, 3.05) is 50.1 Å². The second kappa shape index (κ2) is 9.51. The Morgan fingerprint density at radius 1 is 1.29 bits per heavy atom. The molecule has 1 N–H and O–H groups in total. The fourth-order valence-electron chi connectivity index (χ4n) is 3.76. The van der Waals surface area contributed by atoms with Crippen LogP contribution in [0, 0.1) is 3.57 Å².